The number of fused-ring (bicyclic) bond motifs is 1. The van der Waals surface area contributed by atoms with Gasteiger partial charge >= 0.3 is 0 Å². The molecule has 6 nitrogen and oxygen atoms in total. The van der Waals surface area contributed by atoms with E-state index in [4.69, 9.17) is 16.3 Å². The van der Waals surface area contributed by atoms with Crippen LogP contribution in [0.1, 0.15) is 45.1 Å². The predicted molar refractivity (Wildman–Crippen MR) is 143 cm³/mol. The van der Waals surface area contributed by atoms with E-state index >= 15 is 8.78 Å². The molecule has 0 saturated carbocycles. The molecule has 0 bridgehead atoms. The maximum atomic E-state index is 15.0. The van der Waals surface area contributed by atoms with Crippen molar-refractivity contribution in [2.24, 2.45) is 0 Å². The standard InChI is InChI=1S/C29H27ClF2N4O2/c1-35-9-11-36(12-10-35)27-16-29(31,32)25-15-22(6-7-24(25)27)34-28(37)21-5-8-26(30)20(14-21)4-3-19-13-23(38-2)18-33-17-19/h5-8,13-15,17-18,27H,9-12,16H2,1-2H3,(H,34,37). The number of likely N-dealkylation sites (N-methyl/N-ethyl adjacent to an activating group) is 1. The summed E-state index contributed by atoms with van der Waals surface area (Å²) in [5.41, 5.74) is 2.33. The van der Waals surface area contributed by atoms with Gasteiger partial charge in [0, 0.05) is 72.8 Å². The lowest BCUT2D eigenvalue weighted by Gasteiger charge is -2.36. The third-order valence-electron chi connectivity index (χ3n) is 7.01. The van der Waals surface area contributed by atoms with Gasteiger partial charge in [0.25, 0.3) is 11.8 Å². The highest BCUT2D eigenvalue weighted by atomic mass is 35.5. The summed E-state index contributed by atoms with van der Waals surface area (Å²) in [6.07, 6.45) is 2.92. The van der Waals surface area contributed by atoms with E-state index in [1.54, 1.807) is 55.9 Å². The maximum Gasteiger partial charge on any atom is 0.275 e. The number of alkyl halides is 2. The van der Waals surface area contributed by atoms with Crippen molar-refractivity contribution in [2.75, 3.05) is 45.7 Å². The molecule has 38 heavy (non-hydrogen) atoms. The van der Waals surface area contributed by atoms with Crippen LogP contribution in [-0.4, -0.2) is 61.0 Å². The Kier molecular flexibility index (Phi) is 7.35. The average Bonchev–Trinajstić information content (AvgIpc) is 3.18. The Morgan fingerprint density at radius 2 is 1.89 bits per heavy atom. The zero-order chi connectivity index (χ0) is 26.9. The second-order valence-electron chi connectivity index (χ2n) is 9.58. The van der Waals surface area contributed by atoms with E-state index in [2.05, 4.69) is 31.9 Å². The number of ether oxygens (including phenoxy) is 1. The molecule has 1 aliphatic carbocycles. The fourth-order valence-electron chi connectivity index (χ4n) is 4.87. The Morgan fingerprint density at radius 1 is 1.11 bits per heavy atom. The average molecular weight is 537 g/mol. The minimum absolute atomic E-state index is 0.0196. The van der Waals surface area contributed by atoms with Crippen LogP contribution in [0.15, 0.2) is 54.9 Å². The number of benzene rings is 2. The van der Waals surface area contributed by atoms with E-state index in [1.165, 1.54) is 6.07 Å². The molecule has 3 aromatic rings. The number of hydrogen-bond donors (Lipinski definition) is 1. The maximum absolute atomic E-state index is 15.0. The van der Waals surface area contributed by atoms with Gasteiger partial charge in [0.2, 0.25) is 0 Å². The second-order valence-corrected chi connectivity index (χ2v) is 9.99. The van der Waals surface area contributed by atoms with Crippen LogP contribution in [0.5, 0.6) is 5.75 Å². The number of aromatic nitrogens is 1. The number of anilines is 1. The van der Waals surface area contributed by atoms with Crippen molar-refractivity contribution >= 4 is 23.2 Å². The van der Waals surface area contributed by atoms with E-state index in [0.717, 1.165) is 26.2 Å². The fourth-order valence-corrected chi connectivity index (χ4v) is 5.03. The quantitative estimate of drug-likeness (QED) is 0.466. The highest BCUT2D eigenvalue weighted by Crippen LogP contribution is 2.50. The summed E-state index contributed by atoms with van der Waals surface area (Å²) in [6.45, 7) is 3.22. The van der Waals surface area contributed by atoms with E-state index < -0.39 is 11.8 Å². The lowest BCUT2D eigenvalue weighted by molar-refractivity contribution is -0.0257. The molecule has 9 heteroatoms. The van der Waals surface area contributed by atoms with Gasteiger partial charge in [-0.3, -0.25) is 14.7 Å². The lowest BCUT2D eigenvalue weighted by Crippen LogP contribution is -2.45. The topological polar surface area (TPSA) is 57.7 Å². The van der Waals surface area contributed by atoms with Crippen molar-refractivity contribution < 1.29 is 18.3 Å². The first-order chi connectivity index (χ1) is 18.2. The fraction of sp³-hybridized carbons (Fsp3) is 0.310. The van der Waals surface area contributed by atoms with Gasteiger partial charge in [-0.25, -0.2) is 8.78 Å². The molecule has 1 N–H and O–H groups in total. The molecule has 1 saturated heterocycles. The number of carbonyl (C=O) groups excluding carboxylic acids is 1. The molecule has 2 aromatic carbocycles. The number of amides is 1. The number of piperazine rings is 1. The van der Waals surface area contributed by atoms with Gasteiger partial charge in [0.05, 0.1) is 18.3 Å². The Balaban J connectivity index is 1.34. The number of methoxy groups -OCH3 is 1. The summed E-state index contributed by atoms with van der Waals surface area (Å²) in [5.74, 6) is 3.10. The van der Waals surface area contributed by atoms with Crippen molar-refractivity contribution in [2.45, 2.75) is 18.4 Å². The van der Waals surface area contributed by atoms with Crippen LogP contribution < -0.4 is 10.1 Å². The minimum atomic E-state index is -2.96. The van der Waals surface area contributed by atoms with Crippen molar-refractivity contribution in [1.82, 2.24) is 14.8 Å². The molecule has 1 aliphatic heterocycles. The van der Waals surface area contributed by atoms with E-state index in [9.17, 15) is 4.79 Å². The predicted octanol–water partition coefficient (Wildman–Crippen LogP) is 5.18. The molecule has 1 aromatic heterocycles. The van der Waals surface area contributed by atoms with E-state index in [-0.39, 0.29) is 18.0 Å². The van der Waals surface area contributed by atoms with Gasteiger partial charge in [-0.15, -0.1) is 0 Å². The van der Waals surface area contributed by atoms with Crippen molar-refractivity contribution in [3.63, 3.8) is 0 Å². The second kappa shape index (κ2) is 10.7. The lowest BCUT2D eigenvalue weighted by atomic mass is 10.0. The zero-order valence-electron chi connectivity index (χ0n) is 21.1. The van der Waals surface area contributed by atoms with Gasteiger partial charge in [-0.05, 0) is 49.0 Å². The molecule has 1 atom stereocenters. The monoisotopic (exact) mass is 536 g/mol. The van der Waals surface area contributed by atoms with E-state index in [1.807, 2.05) is 7.05 Å². The van der Waals surface area contributed by atoms with Gasteiger partial charge in [0.1, 0.15) is 5.75 Å². The Hall–Kier alpha value is -3.51. The van der Waals surface area contributed by atoms with Crippen molar-refractivity contribution in [1.29, 1.82) is 0 Å². The van der Waals surface area contributed by atoms with Gasteiger partial charge in [-0.2, -0.15) is 0 Å². The van der Waals surface area contributed by atoms with Crippen LogP contribution >= 0.6 is 11.6 Å². The SMILES string of the molecule is COc1cncc(C#Cc2cc(C(=O)Nc3ccc4c(c3)C(F)(F)CC4N3CCN(C)CC3)ccc2Cl)c1. The first kappa shape index (κ1) is 26.1. The summed E-state index contributed by atoms with van der Waals surface area (Å²) in [7, 11) is 3.58. The molecule has 1 amide bonds. The van der Waals surface area contributed by atoms with E-state index in [0.29, 0.717) is 38.7 Å². The molecule has 5 rings (SSSR count). The summed E-state index contributed by atoms with van der Waals surface area (Å²) in [6, 6.07) is 10.9. The number of rotatable bonds is 4. The van der Waals surface area contributed by atoms with Crippen molar-refractivity contribution in [3.05, 3.63) is 87.7 Å². The van der Waals surface area contributed by atoms with Crippen LogP contribution in [0.4, 0.5) is 14.5 Å². The Bertz CT molecular complexity index is 1430. The molecule has 1 fully saturated rings. The van der Waals surface area contributed by atoms with Gasteiger partial charge < -0.3 is 15.0 Å². The first-order valence-corrected chi connectivity index (χ1v) is 12.7. The number of nitrogens with zero attached hydrogens (tertiary/aromatic N) is 3. The van der Waals surface area contributed by atoms with Crippen LogP contribution in [0.2, 0.25) is 5.02 Å². The number of carbonyl (C=O) groups is 1. The molecule has 1 unspecified atom stereocenters. The summed E-state index contributed by atoms with van der Waals surface area (Å²) in [4.78, 5) is 21.4. The zero-order valence-corrected chi connectivity index (χ0v) is 21.9. The normalized spacial score (nSPS) is 18.8. The van der Waals surface area contributed by atoms with Crippen LogP contribution in [0.25, 0.3) is 0 Å². The van der Waals surface area contributed by atoms with Crippen LogP contribution in [0, 0.1) is 11.8 Å². The minimum Gasteiger partial charge on any atom is -0.495 e. The molecule has 0 radical (unpaired) electrons. The molecule has 196 valence electrons. The van der Waals surface area contributed by atoms with Crippen LogP contribution in [-0.2, 0) is 5.92 Å². The smallest absolute Gasteiger partial charge is 0.275 e. The molecule has 2 aliphatic rings. The van der Waals surface area contributed by atoms with Gasteiger partial charge in [0.15, 0.2) is 0 Å². The number of halogens is 3. The Labute approximate surface area is 225 Å². The third-order valence-corrected chi connectivity index (χ3v) is 7.34. The largest absolute Gasteiger partial charge is 0.495 e. The third kappa shape index (κ3) is 5.51. The summed E-state index contributed by atoms with van der Waals surface area (Å²) < 4.78 is 35.2. The number of nitrogens with one attached hydrogen (secondary N) is 1. The van der Waals surface area contributed by atoms with Gasteiger partial charge in [-0.1, -0.05) is 29.5 Å². The molecular formula is C29H27ClF2N4O2. The summed E-state index contributed by atoms with van der Waals surface area (Å²) in [5, 5.41) is 3.14. The molecule has 0 spiro atoms. The highest BCUT2D eigenvalue weighted by Gasteiger charge is 2.47. The summed E-state index contributed by atoms with van der Waals surface area (Å²) >= 11 is 6.30. The first-order valence-electron chi connectivity index (χ1n) is 12.3. The van der Waals surface area contributed by atoms with Crippen LogP contribution in [0.3, 0.4) is 0 Å². The number of hydrogen-bond acceptors (Lipinski definition) is 5. The molecule has 2 heterocycles. The molecular weight excluding hydrogens is 510 g/mol. The Morgan fingerprint density at radius 3 is 2.66 bits per heavy atom. The van der Waals surface area contributed by atoms with Crippen molar-refractivity contribution in [3.8, 4) is 17.6 Å². The number of pyridine rings is 1. The highest BCUT2D eigenvalue weighted by molar-refractivity contribution is 6.32.